The second-order valence-corrected chi connectivity index (χ2v) is 4.34. The highest BCUT2D eigenvalue weighted by atomic mass is 16.7. The molecule has 0 heterocycles. The van der Waals surface area contributed by atoms with Crippen molar-refractivity contribution in [3.63, 3.8) is 0 Å². The number of benzene rings is 2. The van der Waals surface area contributed by atoms with Gasteiger partial charge in [0.05, 0.1) is 6.61 Å². The van der Waals surface area contributed by atoms with Gasteiger partial charge in [-0.15, -0.1) is 6.42 Å². The Morgan fingerprint density at radius 3 is 1.86 bits per heavy atom. The van der Waals surface area contributed by atoms with Crippen molar-refractivity contribution < 1.29 is 14.2 Å². The molecule has 0 radical (unpaired) electrons. The van der Waals surface area contributed by atoms with Crippen molar-refractivity contribution in [1.29, 1.82) is 0 Å². The third kappa shape index (κ3) is 5.60. The van der Waals surface area contributed by atoms with E-state index in [0.717, 1.165) is 11.5 Å². The third-order valence-electron chi connectivity index (χ3n) is 2.70. The molecule has 0 aliphatic rings. The molecule has 0 fully saturated rings. The molecule has 2 aromatic rings. The lowest BCUT2D eigenvalue weighted by Gasteiger charge is -2.20. The first-order chi connectivity index (χ1) is 10.4. The van der Waals surface area contributed by atoms with Gasteiger partial charge in [-0.05, 0) is 24.3 Å². The predicted molar refractivity (Wildman–Crippen MR) is 82.2 cm³/mol. The molecule has 3 nitrogen and oxygen atoms in total. The Hall–Kier alpha value is -2.44. The van der Waals surface area contributed by atoms with Crippen LogP contribution in [0.4, 0.5) is 0 Å². The first-order valence-electron chi connectivity index (χ1n) is 6.83. The summed E-state index contributed by atoms with van der Waals surface area (Å²) in [5.41, 5.74) is 0. The molecule has 0 saturated carbocycles. The topological polar surface area (TPSA) is 27.7 Å². The molecule has 0 spiro atoms. The molecule has 3 heteroatoms. The molecule has 21 heavy (non-hydrogen) atoms. The van der Waals surface area contributed by atoms with E-state index in [4.69, 9.17) is 20.6 Å². The number of hydrogen-bond acceptors (Lipinski definition) is 3. The van der Waals surface area contributed by atoms with Crippen LogP contribution in [0.5, 0.6) is 11.5 Å². The van der Waals surface area contributed by atoms with Gasteiger partial charge in [0.1, 0.15) is 18.1 Å². The number of rotatable bonds is 8. The van der Waals surface area contributed by atoms with E-state index in [9.17, 15) is 0 Å². The van der Waals surface area contributed by atoms with E-state index in [-0.39, 0.29) is 0 Å². The van der Waals surface area contributed by atoms with E-state index < -0.39 is 6.29 Å². The van der Waals surface area contributed by atoms with E-state index >= 15 is 0 Å². The zero-order valence-electron chi connectivity index (χ0n) is 11.8. The quantitative estimate of drug-likeness (QED) is 0.421. The van der Waals surface area contributed by atoms with Gasteiger partial charge in [0.2, 0.25) is 6.29 Å². The Kier molecular flexibility index (Phi) is 6.18. The van der Waals surface area contributed by atoms with Crippen LogP contribution < -0.4 is 9.47 Å². The van der Waals surface area contributed by atoms with Crippen LogP contribution in [0.2, 0.25) is 0 Å². The molecular formula is C18H18O3. The van der Waals surface area contributed by atoms with Crippen molar-refractivity contribution in [2.45, 2.75) is 12.7 Å². The highest BCUT2D eigenvalue weighted by molar-refractivity contribution is 5.23. The maximum absolute atomic E-state index is 5.84. The average Bonchev–Trinajstić information content (AvgIpc) is 2.53. The second kappa shape index (κ2) is 8.68. The fourth-order valence-corrected chi connectivity index (χ4v) is 1.75. The zero-order chi connectivity index (χ0) is 14.8. The maximum Gasteiger partial charge on any atom is 0.243 e. The number of para-hydroxylation sites is 2. The van der Waals surface area contributed by atoms with Crippen molar-refractivity contribution in [2.75, 3.05) is 13.2 Å². The van der Waals surface area contributed by atoms with Crippen molar-refractivity contribution in [3.8, 4) is 23.8 Å². The SMILES string of the molecule is C#CCOCCC(Oc1ccccc1)Oc1ccccc1. The Labute approximate surface area is 125 Å². The summed E-state index contributed by atoms with van der Waals surface area (Å²) in [6.07, 6.45) is 5.32. The van der Waals surface area contributed by atoms with E-state index in [1.54, 1.807) is 0 Å². The van der Waals surface area contributed by atoms with Gasteiger partial charge < -0.3 is 14.2 Å². The summed E-state index contributed by atoms with van der Waals surface area (Å²) in [5, 5.41) is 0. The standard InChI is InChI=1S/C18H18O3/c1-2-14-19-15-13-18(20-16-9-5-3-6-10-16)21-17-11-7-4-8-12-17/h1,3-12,18H,13-15H2. The monoisotopic (exact) mass is 282 g/mol. The van der Waals surface area contributed by atoms with Crippen LogP contribution in [-0.2, 0) is 4.74 Å². The lowest BCUT2D eigenvalue weighted by molar-refractivity contribution is -0.0191. The highest BCUT2D eigenvalue weighted by Crippen LogP contribution is 2.17. The molecule has 0 amide bonds. The van der Waals surface area contributed by atoms with Gasteiger partial charge in [-0.2, -0.15) is 0 Å². The van der Waals surface area contributed by atoms with E-state index in [1.165, 1.54) is 0 Å². The Balaban J connectivity index is 1.94. The zero-order valence-corrected chi connectivity index (χ0v) is 11.8. The molecule has 0 aliphatic heterocycles. The molecule has 0 aliphatic carbocycles. The Morgan fingerprint density at radius 2 is 1.38 bits per heavy atom. The molecule has 0 unspecified atom stereocenters. The fourth-order valence-electron chi connectivity index (χ4n) is 1.75. The van der Waals surface area contributed by atoms with Gasteiger partial charge in [0, 0.05) is 6.42 Å². The minimum atomic E-state index is -0.424. The van der Waals surface area contributed by atoms with Crippen molar-refractivity contribution >= 4 is 0 Å². The highest BCUT2D eigenvalue weighted by Gasteiger charge is 2.12. The van der Waals surface area contributed by atoms with E-state index in [0.29, 0.717) is 19.6 Å². The fraction of sp³-hybridized carbons (Fsp3) is 0.222. The molecule has 0 N–H and O–H groups in total. The summed E-state index contributed by atoms with van der Waals surface area (Å²) in [6, 6.07) is 19.1. The first-order valence-corrected chi connectivity index (χ1v) is 6.83. The molecule has 2 aromatic carbocycles. The molecule has 108 valence electrons. The average molecular weight is 282 g/mol. The van der Waals surface area contributed by atoms with Crippen LogP contribution in [0.15, 0.2) is 60.7 Å². The lowest BCUT2D eigenvalue weighted by Crippen LogP contribution is -2.25. The summed E-state index contributed by atoms with van der Waals surface area (Å²) in [7, 11) is 0. The van der Waals surface area contributed by atoms with E-state index in [1.807, 2.05) is 60.7 Å². The van der Waals surface area contributed by atoms with Gasteiger partial charge in [0.15, 0.2) is 0 Å². The molecular weight excluding hydrogens is 264 g/mol. The number of terminal acetylenes is 1. The van der Waals surface area contributed by atoms with Gasteiger partial charge in [0.25, 0.3) is 0 Å². The first kappa shape index (κ1) is 15.0. The third-order valence-corrected chi connectivity index (χ3v) is 2.70. The van der Waals surface area contributed by atoms with Crippen molar-refractivity contribution in [3.05, 3.63) is 60.7 Å². The van der Waals surface area contributed by atoms with Crippen LogP contribution in [0.1, 0.15) is 6.42 Å². The Bertz CT molecular complexity index is 504. The summed E-state index contributed by atoms with van der Waals surface area (Å²) in [6.45, 7) is 0.776. The molecule has 0 bridgehead atoms. The minimum Gasteiger partial charge on any atom is -0.455 e. The number of hydrogen-bond donors (Lipinski definition) is 0. The van der Waals surface area contributed by atoms with Crippen molar-refractivity contribution in [1.82, 2.24) is 0 Å². The molecule has 0 saturated heterocycles. The normalized spacial score (nSPS) is 10.1. The second-order valence-electron chi connectivity index (χ2n) is 4.34. The van der Waals surface area contributed by atoms with Crippen LogP contribution in [-0.4, -0.2) is 19.5 Å². The predicted octanol–water partition coefficient (Wildman–Crippen LogP) is 3.51. The Morgan fingerprint density at radius 1 is 0.857 bits per heavy atom. The van der Waals surface area contributed by atoms with Crippen LogP contribution >= 0.6 is 0 Å². The summed E-state index contributed by atoms with van der Waals surface area (Å²) in [4.78, 5) is 0. The van der Waals surface area contributed by atoms with Gasteiger partial charge in [-0.1, -0.05) is 42.3 Å². The number of ether oxygens (including phenoxy) is 3. The molecule has 2 rings (SSSR count). The maximum atomic E-state index is 5.84. The van der Waals surface area contributed by atoms with Gasteiger partial charge in [-0.25, -0.2) is 0 Å². The summed E-state index contributed by atoms with van der Waals surface area (Å²) in [5.74, 6) is 3.96. The largest absolute Gasteiger partial charge is 0.455 e. The molecule has 0 aromatic heterocycles. The van der Waals surface area contributed by atoms with Crippen molar-refractivity contribution in [2.24, 2.45) is 0 Å². The molecule has 0 atom stereocenters. The van der Waals surface area contributed by atoms with E-state index in [2.05, 4.69) is 5.92 Å². The van der Waals surface area contributed by atoms with Crippen LogP contribution in [0.25, 0.3) is 0 Å². The minimum absolute atomic E-state index is 0.295. The smallest absolute Gasteiger partial charge is 0.243 e. The van der Waals surface area contributed by atoms with Crippen LogP contribution in [0, 0.1) is 12.3 Å². The van der Waals surface area contributed by atoms with Gasteiger partial charge in [-0.3, -0.25) is 0 Å². The lowest BCUT2D eigenvalue weighted by atomic mass is 10.3. The summed E-state index contributed by atoms with van der Waals surface area (Å²) < 4.78 is 17.0. The summed E-state index contributed by atoms with van der Waals surface area (Å²) >= 11 is 0. The van der Waals surface area contributed by atoms with Gasteiger partial charge >= 0.3 is 0 Å². The van der Waals surface area contributed by atoms with Crippen LogP contribution in [0.3, 0.4) is 0 Å².